The lowest BCUT2D eigenvalue weighted by Gasteiger charge is -2.07. The number of hydrogen-bond acceptors (Lipinski definition) is 3. The van der Waals surface area contributed by atoms with Crippen molar-refractivity contribution in [1.29, 1.82) is 0 Å². The summed E-state index contributed by atoms with van der Waals surface area (Å²) in [6, 6.07) is 15.5. The molecular weight excluding hydrogens is 322 g/mol. The van der Waals surface area contributed by atoms with Crippen LogP contribution in [0.1, 0.15) is 69.5 Å². The molecule has 1 aromatic carbocycles. The molecular formula is C22H29N3O. The second kappa shape index (κ2) is 12.0. The number of nitrogens with one attached hydrogen (secondary N) is 1. The van der Waals surface area contributed by atoms with E-state index in [1.165, 1.54) is 32.1 Å². The average Bonchev–Trinajstić information content (AvgIpc) is 2.69. The van der Waals surface area contributed by atoms with Crippen LogP contribution < -0.4 is 5.43 Å². The summed E-state index contributed by atoms with van der Waals surface area (Å²) in [6.45, 7) is 2.22. The van der Waals surface area contributed by atoms with E-state index in [4.69, 9.17) is 0 Å². The van der Waals surface area contributed by atoms with Crippen molar-refractivity contribution in [3.8, 4) is 0 Å². The minimum atomic E-state index is -0.0390. The summed E-state index contributed by atoms with van der Waals surface area (Å²) in [5, 5.41) is 4.36. The molecule has 1 N–H and O–H groups in total. The summed E-state index contributed by atoms with van der Waals surface area (Å²) in [6.07, 6.45) is 10.6. The van der Waals surface area contributed by atoms with E-state index < -0.39 is 0 Å². The van der Waals surface area contributed by atoms with Gasteiger partial charge >= 0.3 is 0 Å². The Labute approximate surface area is 156 Å². The highest BCUT2D eigenvalue weighted by atomic mass is 16.2. The third-order valence-electron chi connectivity index (χ3n) is 4.25. The van der Waals surface area contributed by atoms with Crippen molar-refractivity contribution in [2.45, 2.75) is 58.3 Å². The van der Waals surface area contributed by atoms with Crippen LogP contribution in [0.2, 0.25) is 0 Å². The number of amides is 1. The quantitative estimate of drug-likeness (QED) is 0.348. The number of hydrazone groups is 1. The second-order valence-corrected chi connectivity index (χ2v) is 6.45. The van der Waals surface area contributed by atoms with Crippen LogP contribution in [0.15, 0.2) is 59.8 Å². The fraction of sp³-hybridized carbons (Fsp3) is 0.409. The molecule has 2 aromatic rings. The van der Waals surface area contributed by atoms with Gasteiger partial charge in [-0.15, -0.1) is 0 Å². The molecule has 0 saturated heterocycles. The molecule has 0 bridgehead atoms. The molecule has 0 aliphatic heterocycles. The molecule has 0 fully saturated rings. The Bertz CT molecular complexity index is 627. The predicted molar refractivity (Wildman–Crippen MR) is 107 cm³/mol. The summed E-state index contributed by atoms with van der Waals surface area (Å²) >= 11 is 0. The first-order valence-electron chi connectivity index (χ1n) is 9.64. The molecule has 138 valence electrons. The first kappa shape index (κ1) is 19.8. The van der Waals surface area contributed by atoms with E-state index in [0.717, 1.165) is 24.1 Å². The summed E-state index contributed by atoms with van der Waals surface area (Å²) < 4.78 is 0. The fourth-order valence-electron chi connectivity index (χ4n) is 2.79. The summed E-state index contributed by atoms with van der Waals surface area (Å²) in [4.78, 5) is 16.5. The van der Waals surface area contributed by atoms with Crippen LogP contribution in [-0.2, 0) is 4.79 Å². The zero-order valence-corrected chi connectivity index (χ0v) is 15.7. The number of aromatic nitrogens is 1. The molecule has 26 heavy (non-hydrogen) atoms. The minimum absolute atomic E-state index is 0.0390. The number of pyridine rings is 1. The number of hydrogen-bond donors (Lipinski definition) is 1. The van der Waals surface area contributed by atoms with E-state index in [1.807, 2.05) is 48.5 Å². The Morgan fingerprint density at radius 1 is 0.923 bits per heavy atom. The topological polar surface area (TPSA) is 54.4 Å². The molecule has 0 aliphatic carbocycles. The van der Waals surface area contributed by atoms with Crippen LogP contribution in [0.25, 0.3) is 0 Å². The molecule has 0 saturated carbocycles. The SMILES string of the molecule is CCCCCCCCCC(=O)NN=C(c1ccccc1)c1ccccn1. The van der Waals surface area contributed by atoms with Crippen molar-refractivity contribution in [2.24, 2.45) is 5.10 Å². The van der Waals surface area contributed by atoms with Crippen LogP contribution in [0.4, 0.5) is 0 Å². The Hall–Kier alpha value is -2.49. The number of rotatable bonds is 11. The van der Waals surface area contributed by atoms with Crippen molar-refractivity contribution < 1.29 is 4.79 Å². The van der Waals surface area contributed by atoms with E-state index in [9.17, 15) is 4.79 Å². The number of unbranched alkanes of at least 4 members (excludes halogenated alkanes) is 6. The smallest absolute Gasteiger partial charge is 0.240 e. The van der Waals surface area contributed by atoms with E-state index in [0.29, 0.717) is 12.1 Å². The molecule has 1 aromatic heterocycles. The highest BCUT2D eigenvalue weighted by Gasteiger charge is 2.09. The molecule has 0 atom stereocenters. The molecule has 2 rings (SSSR count). The molecule has 4 nitrogen and oxygen atoms in total. The Balaban J connectivity index is 1.87. The van der Waals surface area contributed by atoms with Crippen LogP contribution in [0.3, 0.4) is 0 Å². The van der Waals surface area contributed by atoms with Gasteiger partial charge in [0.15, 0.2) is 0 Å². The standard InChI is InChI=1S/C22H29N3O/c1-2-3-4-5-6-7-11-17-21(26)24-25-22(19-14-9-8-10-15-19)20-16-12-13-18-23-20/h8-10,12-16,18H,2-7,11,17H2,1H3,(H,24,26). The van der Waals surface area contributed by atoms with Crippen LogP contribution in [0, 0.1) is 0 Å². The number of carbonyl (C=O) groups excluding carboxylic acids is 1. The van der Waals surface area contributed by atoms with Gasteiger partial charge in [-0.1, -0.05) is 81.8 Å². The maximum Gasteiger partial charge on any atom is 0.240 e. The van der Waals surface area contributed by atoms with Gasteiger partial charge in [0.25, 0.3) is 0 Å². The van der Waals surface area contributed by atoms with Gasteiger partial charge < -0.3 is 0 Å². The second-order valence-electron chi connectivity index (χ2n) is 6.45. The third-order valence-corrected chi connectivity index (χ3v) is 4.25. The lowest BCUT2D eigenvalue weighted by molar-refractivity contribution is -0.121. The van der Waals surface area contributed by atoms with Gasteiger partial charge in [0, 0.05) is 18.2 Å². The highest BCUT2D eigenvalue weighted by molar-refractivity contribution is 6.11. The molecule has 0 aliphatic rings. The number of carbonyl (C=O) groups is 1. The summed E-state index contributed by atoms with van der Waals surface area (Å²) in [5.74, 6) is -0.0390. The molecule has 1 amide bonds. The van der Waals surface area contributed by atoms with Crippen molar-refractivity contribution in [1.82, 2.24) is 10.4 Å². The molecule has 4 heteroatoms. The monoisotopic (exact) mass is 351 g/mol. The van der Waals surface area contributed by atoms with Crippen molar-refractivity contribution >= 4 is 11.6 Å². The van der Waals surface area contributed by atoms with Gasteiger partial charge in [0.2, 0.25) is 5.91 Å². The number of benzene rings is 1. The predicted octanol–water partition coefficient (Wildman–Crippen LogP) is 5.09. The van der Waals surface area contributed by atoms with E-state index >= 15 is 0 Å². The van der Waals surface area contributed by atoms with Gasteiger partial charge in [0.05, 0.1) is 5.69 Å². The maximum absolute atomic E-state index is 12.1. The highest BCUT2D eigenvalue weighted by Crippen LogP contribution is 2.10. The summed E-state index contributed by atoms with van der Waals surface area (Å²) in [7, 11) is 0. The summed E-state index contributed by atoms with van der Waals surface area (Å²) in [5.41, 5.74) is 5.06. The van der Waals surface area contributed by atoms with Crippen molar-refractivity contribution in [2.75, 3.05) is 0 Å². The molecule has 0 unspecified atom stereocenters. The molecule has 1 heterocycles. The lowest BCUT2D eigenvalue weighted by Crippen LogP contribution is -2.20. The van der Waals surface area contributed by atoms with Gasteiger partial charge in [0.1, 0.15) is 5.71 Å². The van der Waals surface area contributed by atoms with Gasteiger partial charge in [-0.25, -0.2) is 5.43 Å². The molecule has 0 spiro atoms. The largest absolute Gasteiger partial charge is 0.273 e. The van der Waals surface area contributed by atoms with Crippen LogP contribution in [0.5, 0.6) is 0 Å². The lowest BCUT2D eigenvalue weighted by atomic mass is 10.1. The zero-order valence-electron chi connectivity index (χ0n) is 15.7. The molecule has 0 radical (unpaired) electrons. The van der Waals surface area contributed by atoms with Gasteiger partial charge in [-0.3, -0.25) is 9.78 Å². The van der Waals surface area contributed by atoms with Crippen molar-refractivity contribution in [3.63, 3.8) is 0 Å². The van der Waals surface area contributed by atoms with E-state index in [-0.39, 0.29) is 5.91 Å². The number of nitrogens with zero attached hydrogens (tertiary/aromatic N) is 2. The van der Waals surface area contributed by atoms with Crippen molar-refractivity contribution in [3.05, 3.63) is 66.0 Å². The maximum atomic E-state index is 12.1. The Morgan fingerprint density at radius 2 is 1.62 bits per heavy atom. The average molecular weight is 351 g/mol. The third kappa shape index (κ3) is 7.18. The minimum Gasteiger partial charge on any atom is -0.273 e. The van der Waals surface area contributed by atoms with E-state index in [1.54, 1.807) is 6.20 Å². The Morgan fingerprint density at radius 3 is 2.31 bits per heavy atom. The van der Waals surface area contributed by atoms with Gasteiger partial charge in [-0.2, -0.15) is 5.10 Å². The van der Waals surface area contributed by atoms with Gasteiger partial charge in [-0.05, 0) is 18.6 Å². The van der Waals surface area contributed by atoms with Crippen LogP contribution >= 0.6 is 0 Å². The Kier molecular flexibility index (Phi) is 9.12. The fourth-order valence-corrected chi connectivity index (χ4v) is 2.79. The zero-order chi connectivity index (χ0) is 18.5. The van der Waals surface area contributed by atoms with Crippen LogP contribution in [-0.4, -0.2) is 16.6 Å². The first-order chi connectivity index (χ1) is 12.8. The van der Waals surface area contributed by atoms with E-state index in [2.05, 4.69) is 22.4 Å². The first-order valence-corrected chi connectivity index (χ1v) is 9.64. The normalized spacial score (nSPS) is 11.3.